The number of rotatable bonds is 17. The predicted octanol–water partition coefficient (Wildman–Crippen LogP) is 7.75. The van der Waals surface area contributed by atoms with Gasteiger partial charge in [-0.2, -0.15) is 0 Å². The maximum Gasteiger partial charge on any atom is 0.254 e. The molecule has 1 heterocycles. The molecule has 3 aromatic carbocycles. The van der Waals surface area contributed by atoms with Gasteiger partial charge in [0, 0.05) is 43.2 Å². The quantitative estimate of drug-likeness (QED) is 0.0744. The van der Waals surface area contributed by atoms with Crippen molar-refractivity contribution in [3.63, 3.8) is 0 Å². The van der Waals surface area contributed by atoms with E-state index in [1.807, 2.05) is 66.4 Å². The first-order valence-corrected chi connectivity index (χ1v) is 19.1. The zero-order valence-corrected chi connectivity index (χ0v) is 30.6. The largest absolute Gasteiger partial charge is 0.508 e. The van der Waals surface area contributed by atoms with Crippen molar-refractivity contribution in [2.75, 3.05) is 33.0 Å². The van der Waals surface area contributed by atoms with Gasteiger partial charge in [0.1, 0.15) is 24.1 Å². The SMILES string of the molecule is C=CCOC12Oc3ccc(O)cc3C3C(CCCCO)C(CCCCO)C=C(C(=NOCC)CC1N(CCC)C(=O)c1ccc4ccccc4c1)C32. The summed E-state index contributed by atoms with van der Waals surface area (Å²) in [5.41, 5.74) is 3.23. The van der Waals surface area contributed by atoms with E-state index in [4.69, 9.17) is 19.5 Å². The molecule has 9 heteroatoms. The molecule has 3 aromatic rings. The second kappa shape index (κ2) is 17.1. The highest BCUT2D eigenvalue weighted by Crippen LogP contribution is 2.62. The van der Waals surface area contributed by atoms with Crippen LogP contribution in [0.4, 0.5) is 0 Å². The van der Waals surface area contributed by atoms with Crippen molar-refractivity contribution < 1.29 is 34.4 Å². The van der Waals surface area contributed by atoms with E-state index in [9.17, 15) is 20.1 Å². The van der Waals surface area contributed by atoms with Crippen LogP contribution in [0.2, 0.25) is 0 Å². The van der Waals surface area contributed by atoms with Gasteiger partial charge in [-0.3, -0.25) is 4.79 Å². The number of ether oxygens (including phenoxy) is 2. The Bertz CT molecular complexity index is 1770. The number of amides is 1. The fraction of sp³-hybridized carbons (Fsp3) is 0.488. The van der Waals surface area contributed by atoms with Crippen LogP contribution in [0.25, 0.3) is 10.8 Å². The maximum absolute atomic E-state index is 14.9. The molecule has 52 heavy (non-hydrogen) atoms. The minimum Gasteiger partial charge on any atom is -0.508 e. The van der Waals surface area contributed by atoms with E-state index in [1.54, 1.807) is 12.1 Å². The van der Waals surface area contributed by atoms with Crippen molar-refractivity contribution in [3.05, 3.63) is 96.1 Å². The summed E-state index contributed by atoms with van der Waals surface area (Å²) < 4.78 is 14.2. The molecule has 0 radical (unpaired) electrons. The van der Waals surface area contributed by atoms with Gasteiger partial charge in [-0.25, -0.2) is 0 Å². The Balaban J connectivity index is 1.58. The second-order valence-electron chi connectivity index (χ2n) is 14.3. The fourth-order valence-corrected chi connectivity index (χ4v) is 8.93. The standard InChI is InChI=1S/C43H54N2O7/c1-4-21-45(42(49)32-18-17-29-13-7-8-14-30(29)25-32)39-28-37(44-51-6-3)35-26-31(15-9-11-22-46)34(16-10-12-23-47)40-36-27-33(48)19-20-38(36)52-43(39,41(35)40)50-24-5-2/h5,7-8,13-14,17-20,25-27,31,34,39-41,46-48H,2,4,6,9-12,15-16,21-24,28H2,1,3H3. The average Bonchev–Trinajstić information content (AvgIpc) is 3.16. The van der Waals surface area contributed by atoms with Crippen molar-refractivity contribution in [2.45, 2.75) is 83.0 Å². The van der Waals surface area contributed by atoms with Crippen molar-refractivity contribution in [1.29, 1.82) is 0 Å². The molecule has 1 aliphatic heterocycles. The number of hydrogen-bond donors (Lipinski definition) is 3. The summed E-state index contributed by atoms with van der Waals surface area (Å²) in [4.78, 5) is 22.6. The van der Waals surface area contributed by atoms with Gasteiger partial charge >= 0.3 is 0 Å². The third kappa shape index (κ3) is 7.36. The number of aromatic hydroxyl groups is 1. The lowest BCUT2D eigenvalue weighted by atomic mass is 9.55. The number of benzene rings is 3. The smallest absolute Gasteiger partial charge is 0.254 e. The molecule has 3 N–H and O–H groups in total. The van der Waals surface area contributed by atoms with Crippen LogP contribution in [0.5, 0.6) is 11.5 Å². The number of allylic oxidation sites excluding steroid dienone is 1. The molecule has 0 bridgehead atoms. The van der Waals surface area contributed by atoms with E-state index in [2.05, 4.69) is 19.6 Å². The van der Waals surface area contributed by atoms with Gasteiger partial charge < -0.3 is 34.5 Å². The number of phenolic OH excluding ortho intramolecular Hbond substituents is 1. The lowest BCUT2D eigenvalue weighted by Gasteiger charge is -2.60. The number of oxime groups is 1. The number of fused-ring (bicyclic) bond motifs is 3. The Morgan fingerprint density at radius 2 is 1.79 bits per heavy atom. The molecule has 6 rings (SSSR count). The van der Waals surface area contributed by atoms with Crippen LogP contribution in [-0.2, 0) is 9.57 Å². The van der Waals surface area contributed by atoms with Gasteiger partial charge in [0.2, 0.25) is 5.79 Å². The molecular formula is C43H54N2O7. The summed E-state index contributed by atoms with van der Waals surface area (Å²) >= 11 is 0. The van der Waals surface area contributed by atoms with Gasteiger partial charge in [-0.15, -0.1) is 6.58 Å². The van der Waals surface area contributed by atoms with E-state index in [0.717, 1.165) is 53.3 Å². The number of aliphatic hydroxyl groups is 2. The summed E-state index contributed by atoms with van der Waals surface area (Å²) in [7, 11) is 0. The number of aliphatic hydroxyl groups excluding tert-OH is 2. The van der Waals surface area contributed by atoms with Gasteiger partial charge in [-0.1, -0.05) is 67.4 Å². The lowest BCUT2D eigenvalue weighted by Crippen LogP contribution is -2.70. The Morgan fingerprint density at radius 3 is 2.52 bits per heavy atom. The summed E-state index contributed by atoms with van der Waals surface area (Å²) in [6, 6.07) is 18.6. The molecule has 278 valence electrons. The van der Waals surface area contributed by atoms with Crippen molar-refractivity contribution >= 4 is 22.4 Å². The van der Waals surface area contributed by atoms with E-state index < -0.39 is 17.7 Å². The number of nitrogens with zero attached hydrogens (tertiary/aromatic N) is 2. The van der Waals surface area contributed by atoms with Gasteiger partial charge in [-0.05, 0) is 97.5 Å². The summed E-state index contributed by atoms with van der Waals surface area (Å²) in [6.07, 6.45) is 9.86. The molecule has 0 aromatic heterocycles. The molecular weight excluding hydrogens is 656 g/mol. The molecule has 3 aliphatic rings. The van der Waals surface area contributed by atoms with E-state index >= 15 is 0 Å². The number of unbranched alkanes of at least 4 members (excludes halogenated alkanes) is 2. The summed E-state index contributed by atoms with van der Waals surface area (Å²) in [5, 5.41) is 37.2. The van der Waals surface area contributed by atoms with Gasteiger partial charge in [0.25, 0.3) is 5.91 Å². The normalized spacial score (nSPS) is 25.5. The summed E-state index contributed by atoms with van der Waals surface area (Å²) in [5.74, 6) is -1.03. The van der Waals surface area contributed by atoms with Crippen LogP contribution in [0.1, 0.15) is 87.1 Å². The number of phenols is 1. The molecule has 6 unspecified atom stereocenters. The monoisotopic (exact) mass is 710 g/mol. The zero-order valence-electron chi connectivity index (χ0n) is 30.6. The van der Waals surface area contributed by atoms with Crippen LogP contribution in [0, 0.1) is 17.8 Å². The van der Waals surface area contributed by atoms with Crippen molar-refractivity contribution in [2.24, 2.45) is 22.9 Å². The highest BCUT2D eigenvalue weighted by molar-refractivity contribution is 6.04. The van der Waals surface area contributed by atoms with E-state index in [1.165, 1.54) is 0 Å². The topological polar surface area (TPSA) is 121 Å². The van der Waals surface area contributed by atoms with E-state index in [-0.39, 0.29) is 49.2 Å². The highest BCUT2D eigenvalue weighted by Gasteiger charge is 2.65. The molecule has 1 amide bonds. The minimum atomic E-state index is -1.33. The number of carbonyl (C=O) groups is 1. The molecule has 2 aliphatic carbocycles. The van der Waals surface area contributed by atoms with E-state index in [0.29, 0.717) is 50.1 Å². The molecule has 1 fully saturated rings. The Hall–Kier alpha value is -4.18. The highest BCUT2D eigenvalue weighted by atomic mass is 16.7. The summed E-state index contributed by atoms with van der Waals surface area (Å²) in [6.45, 7) is 9.26. The third-order valence-corrected chi connectivity index (χ3v) is 11.1. The first kappa shape index (κ1) is 37.6. The Kier molecular flexibility index (Phi) is 12.4. The number of hydrogen-bond acceptors (Lipinski definition) is 8. The first-order chi connectivity index (χ1) is 25.4. The van der Waals surface area contributed by atoms with Crippen LogP contribution >= 0.6 is 0 Å². The van der Waals surface area contributed by atoms with Crippen LogP contribution < -0.4 is 4.74 Å². The van der Waals surface area contributed by atoms with Gasteiger partial charge in [0.15, 0.2) is 0 Å². The third-order valence-electron chi connectivity index (χ3n) is 11.1. The molecule has 6 atom stereocenters. The molecule has 1 saturated carbocycles. The lowest BCUT2D eigenvalue weighted by molar-refractivity contribution is -0.254. The maximum atomic E-state index is 14.9. The number of carbonyl (C=O) groups excluding carboxylic acids is 1. The first-order valence-electron chi connectivity index (χ1n) is 19.1. The zero-order chi connectivity index (χ0) is 36.7. The molecule has 9 nitrogen and oxygen atoms in total. The van der Waals surface area contributed by atoms with Crippen molar-refractivity contribution in [1.82, 2.24) is 4.90 Å². The predicted molar refractivity (Wildman–Crippen MR) is 204 cm³/mol. The fourth-order valence-electron chi connectivity index (χ4n) is 8.93. The van der Waals surface area contributed by atoms with Crippen molar-refractivity contribution in [3.8, 4) is 11.5 Å². The Labute approximate surface area is 307 Å². The van der Waals surface area contributed by atoms with Crippen LogP contribution in [0.3, 0.4) is 0 Å². The van der Waals surface area contributed by atoms with Crippen LogP contribution in [-0.4, -0.2) is 76.6 Å². The van der Waals surface area contributed by atoms with Crippen LogP contribution in [0.15, 0.2) is 90.1 Å². The second-order valence-corrected chi connectivity index (χ2v) is 14.3. The minimum absolute atomic E-state index is 0.0954. The molecule has 0 saturated heterocycles. The average molecular weight is 711 g/mol. The molecule has 0 spiro atoms. The Morgan fingerprint density at radius 1 is 1.02 bits per heavy atom. The van der Waals surface area contributed by atoms with Gasteiger partial charge in [0.05, 0.1) is 18.2 Å².